The van der Waals surface area contributed by atoms with Crippen LogP contribution in [0, 0.1) is 0 Å². The van der Waals surface area contributed by atoms with E-state index in [4.69, 9.17) is 9.47 Å². The predicted octanol–water partition coefficient (Wildman–Crippen LogP) is -0.262. The Kier molecular flexibility index (Phi) is 4.77. The summed E-state index contributed by atoms with van der Waals surface area (Å²) < 4.78 is 10.3. The minimum Gasteiger partial charge on any atom is -0.548 e. The minimum absolute atomic E-state index is 0.173. The van der Waals surface area contributed by atoms with Gasteiger partial charge in [-0.1, -0.05) is 6.07 Å². The summed E-state index contributed by atoms with van der Waals surface area (Å²) in [4.78, 5) is 35.8. The van der Waals surface area contributed by atoms with Crippen molar-refractivity contribution in [3.05, 3.63) is 35.1 Å². The molecule has 0 saturated heterocycles. The van der Waals surface area contributed by atoms with Gasteiger partial charge >= 0.3 is 0 Å². The number of ether oxygens (including phenoxy) is 2. The van der Waals surface area contributed by atoms with Crippen LogP contribution in [0.5, 0.6) is 11.5 Å². The average Bonchev–Trinajstić information content (AvgIpc) is 2.78. The quantitative estimate of drug-likeness (QED) is 0.761. The Bertz CT molecular complexity index is 738. The summed E-state index contributed by atoms with van der Waals surface area (Å²) >= 11 is 0. The number of hydrogen-bond acceptors (Lipinski definition) is 7. The third kappa shape index (κ3) is 2.90. The summed E-state index contributed by atoms with van der Waals surface area (Å²) in [6.07, 6.45) is 0. The Morgan fingerprint density at radius 1 is 1.25 bits per heavy atom. The number of ketones is 1. The topological polar surface area (TPSA) is 116 Å². The van der Waals surface area contributed by atoms with Crippen molar-refractivity contribution in [3.8, 4) is 11.5 Å². The largest absolute Gasteiger partial charge is 0.548 e. The number of benzene rings is 1. The van der Waals surface area contributed by atoms with Crippen molar-refractivity contribution in [2.75, 3.05) is 20.8 Å². The van der Waals surface area contributed by atoms with Gasteiger partial charge in [0.2, 0.25) is 0 Å². The third-order valence-corrected chi connectivity index (χ3v) is 3.71. The van der Waals surface area contributed by atoms with Gasteiger partial charge in [-0.3, -0.25) is 9.59 Å². The molecule has 0 bridgehead atoms. The number of carboxylic acids is 1. The third-order valence-electron chi connectivity index (χ3n) is 3.71. The number of carboxylic acid groups (broad SMARTS) is 1. The summed E-state index contributed by atoms with van der Waals surface area (Å²) in [6.45, 7) is 0.424. The standard InChI is InChI=1S/C16H17NO7/c1-8(18)13-14(17(7-12(19)20)16(22)15(13)21)9-4-5-10(23-2)11(6-9)24-3/h4-6,14,21H,7H2,1-3H3,(H,19,20)/p-1/t14-/m1/s1. The van der Waals surface area contributed by atoms with Crippen molar-refractivity contribution in [2.24, 2.45) is 0 Å². The first-order valence-corrected chi connectivity index (χ1v) is 6.98. The fourth-order valence-electron chi connectivity index (χ4n) is 2.68. The molecule has 1 atom stereocenters. The second-order valence-electron chi connectivity index (χ2n) is 5.14. The summed E-state index contributed by atoms with van der Waals surface area (Å²) in [7, 11) is 2.87. The molecular weight excluding hydrogens is 318 g/mol. The van der Waals surface area contributed by atoms with Gasteiger partial charge in [-0.25, -0.2) is 0 Å². The van der Waals surface area contributed by atoms with Crippen molar-refractivity contribution in [1.82, 2.24) is 4.90 Å². The normalized spacial score (nSPS) is 17.2. The molecule has 0 spiro atoms. The Morgan fingerprint density at radius 3 is 2.38 bits per heavy atom. The number of carbonyl (C=O) groups excluding carboxylic acids is 3. The fourth-order valence-corrected chi connectivity index (χ4v) is 2.68. The molecule has 0 aromatic heterocycles. The van der Waals surface area contributed by atoms with Gasteiger partial charge in [-0.2, -0.15) is 0 Å². The molecule has 0 aliphatic carbocycles. The van der Waals surface area contributed by atoms with Crippen LogP contribution < -0.4 is 14.6 Å². The van der Waals surface area contributed by atoms with Gasteiger partial charge in [-0.05, 0) is 24.6 Å². The van der Waals surface area contributed by atoms with Crippen LogP contribution in [-0.2, 0) is 14.4 Å². The van der Waals surface area contributed by atoms with Crippen LogP contribution in [0.2, 0.25) is 0 Å². The predicted molar refractivity (Wildman–Crippen MR) is 79.3 cm³/mol. The molecule has 0 unspecified atom stereocenters. The van der Waals surface area contributed by atoms with Crippen molar-refractivity contribution in [2.45, 2.75) is 13.0 Å². The van der Waals surface area contributed by atoms with Crippen LogP contribution in [0.3, 0.4) is 0 Å². The zero-order chi connectivity index (χ0) is 18.0. The zero-order valence-corrected chi connectivity index (χ0v) is 13.4. The molecule has 1 aliphatic rings. The molecular formula is C16H16NO7-. The van der Waals surface area contributed by atoms with E-state index in [1.165, 1.54) is 27.2 Å². The number of nitrogens with zero attached hydrogens (tertiary/aromatic N) is 1. The number of aliphatic hydroxyl groups is 1. The first-order chi connectivity index (χ1) is 11.3. The summed E-state index contributed by atoms with van der Waals surface area (Å²) in [6, 6.07) is 3.58. The molecule has 128 valence electrons. The van der Waals surface area contributed by atoms with Crippen molar-refractivity contribution < 1.29 is 34.1 Å². The molecule has 1 N–H and O–H groups in total. The Morgan fingerprint density at radius 2 is 1.88 bits per heavy atom. The van der Waals surface area contributed by atoms with Crippen molar-refractivity contribution >= 4 is 17.7 Å². The number of rotatable bonds is 6. The lowest BCUT2D eigenvalue weighted by Gasteiger charge is -2.27. The number of carbonyl (C=O) groups is 3. The van der Waals surface area contributed by atoms with Gasteiger partial charge in [0.05, 0.1) is 38.3 Å². The van der Waals surface area contributed by atoms with Crippen LogP contribution in [0.1, 0.15) is 18.5 Å². The molecule has 0 saturated carbocycles. The highest BCUT2D eigenvalue weighted by atomic mass is 16.5. The van der Waals surface area contributed by atoms with E-state index in [1.807, 2.05) is 0 Å². The summed E-state index contributed by atoms with van der Waals surface area (Å²) in [5.74, 6) is -2.99. The van der Waals surface area contributed by atoms with Gasteiger partial charge in [0, 0.05) is 0 Å². The number of amides is 1. The van der Waals surface area contributed by atoms with Crippen LogP contribution in [0.25, 0.3) is 0 Å². The molecule has 2 rings (SSSR count). The van der Waals surface area contributed by atoms with Crippen LogP contribution in [-0.4, -0.2) is 48.4 Å². The van der Waals surface area contributed by atoms with Crippen LogP contribution >= 0.6 is 0 Å². The van der Waals surface area contributed by atoms with Crippen LogP contribution in [0.15, 0.2) is 29.5 Å². The monoisotopic (exact) mass is 334 g/mol. The second-order valence-corrected chi connectivity index (χ2v) is 5.14. The highest BCUT2D eigenvalue weighted by Gasteiger charge is 2.42. The maximum Gasteiger partial charge on any atom is 0.290 e. The Balaban J connectivity index is 2.59. The molecule has 1 aromatic rings. The molecule has 1 heterocycles. The van der Waals surface area contributed by atoms with E-state index in [1.54, 1.807) is 12.1 Å². The van der Waals surface area contributed by atoms with Gasteiger partial charge < -0.3 is 29.4 Å². The molecule has 0 radical (unpaired) electrons. The smallest absolute Gasteiger partial charge is 0.290 e. The summed E-state index contributed by atoms with van der Waals surface area (Å²) in [5, 5.41) is 20.9. The lowest BCUT2D eigenvalue weighted by Crippen LogP contribution is -2.41. The maximum atomic E-state index is 12.1. The molecule has 1 amide bonds. The van der Waals surface area contributed by atoms with Crippen molar-refractivity contribution in [3.63, 3.8) is 0 Å². The summed E-state index contributed by atoms with van der Waals surface area (Å²) in [5.41, 5.74) is 0.227. The molecule has 8 heteroatoms. The number of methoxy groups -OCH3 is 2. The molecule has 8 nitrogen and oxygen atoms in total. The van der Waals surface area contributed by atoms with E-state index < -0.39 is 36.0 Å². The number of Topliss-reactive ketones (excluding diaryl/α,β-unsaturated/α-hetero) is 1. The highest BCUT2D eigenvalue weighted by molar-refractivity contribution is 6.08. The van der Waals surface area contributed by atoms with E-state index in [0.717, 1.165) is 4.90 Å². The van der Waals surface area contributed by atoms with E-state index in [2.05, 4.69) is 0 Å². The van der Waals surface area contributed by atoms with Crippen molar-refractivity contribution in [1.29, 1.82) is 0 Å². The number of aliphatic carboxylic acids is 1. The maximum absolute atomic E-state index is 12.1. The first kappa shape index (κ1) is 17.3. The second kappa shape index (κ2) is 6.61. The van der Waals surface area contributed by atoms with Gasteiger partial charge in [-0.15, -0.1) is 0 Å². The highest BCUT2D eigenvalue weighted by Crippen LogP contribution is 2.40. The van der Waals surface area contributed by atoms with Crippen LogP contribution in [0.4, 0.5) is 0 Å². The SMILES string of the molecule is COc1ccc([C@@H]2C(C(C)=O)=C(O)C(=O)N2CC(=O)[O-])cc1OC. The number of aliphatic hydroxyl groups excluding tert-OH is 1. The van der Waals surface area contributed by atoms with Gasteiger partial charge in [0.25, 0.3) is 5.91 Å². The average molecular weight is 334 g/mol. The molecule has 1 aliphatic heterocycles. The Labute approximate surface area is 137 Å². The number of hydrogen-bond donors (Lipinski definition) is 1. The lowest BCUT2D eigenvalue weighted by atomic mass is 9.96. The van der Waals surface area contributed by atoms with Gasteiger partial charge in [0.1, 0.15) is 0 Å². The fraction of sp³-hybridized carbons (Fsp3) is 0.312. The lowest BCUT2D eigenvalue weighted by molar-refractivity contribution is -0.306. The molecule has 24 heavy (non-hydrogen) atoms. The van der Waals surface area contributed by atoms with E-state index in [-0.39, 0.29) is 5.57 Å². The first-order valence-electron chi connectivity index (χ1n) is 6.98. The minimum atomic E-state index is -1.51. The Hall–Kier alpha value is -3.03. The van der Waals surface area contributed by atoms with E-state index in [0.29, 0.717) is 17.1 Å². The van der Waals surface area contributed by atoms with E-state index in [9.17, 15) is 24.6 Å². The molecule has 1 aromatic carbocycles. The van der Waals surface area contributed by atoms with E-state index >= 15 is 0 Å². The van der Waals surface area contributed by atoms with Gasteiger partial charge in [0.15, 0.2) is 23.0 Å². The molecule has 0 fully saturated rings. The zero-order valence-electron chi connectivity index (χ0n) is 13.4.